The molecule has 3 heterocycles. The van der Waals surface area contributed by atoms with Gasteiger partial charge in [0.1, 0.15) is 18.5 Å². The molecule has 4 rings (SSSR count). The van der Waals surface area contributed by atoms with Crippen LogP contribution in [0.3, 0.4) is 0 Å². The van der Waals surface area contributed by atoms with E-state index in [2.05, 4.69) is 25.8 Å². The Hall–Kier alpha value is -4.88. The van der Waals surface area contributed by atoms with E-state index in [1.807, 2.05) is 36.7 Å². The van der Waals surface area contributed by atoms with Crippen molar-refractivity contribution in [3.05, 3.63) is 48.5 Å². The van der Waals surface area contributed by atoms with Gasteiger partial charge in [0, 0.05) is 37.2 Å². The maximum absolute atomic E-state index is 13.1. The summed E-state index contributed by atoms with van der Waals surface area (Å²) in [5.74, 6) is 0.411. The fourth-order valence-corrected chi connectivity index (χ4v) is 4.08. The molecule has 0 saturated carbocycles. The van der Waals surface area contributed by atoms with E-state index in [1.54, 1.807) is 19.4 Å². The summed E-state index contributed by atoms with van der Waals surface area (Å²) in [5, 5.41) is 19.0. The molecule has 1 aliphatic rings. The second kappa shape index (κ2) is 14.3. The standard InChI is InChI=1S/C25H31N7O5.CH2O2/c1-16(2)22-24(34)27-7-9-31-8-6-26-23(31)17-4-5-19(36-3)20(12-17)37-11-10-32(15-21(33)30-22)25(35)18-13-28-29-14-18;2-1-3/h4-6,8,12-14,16,22H,7,9-11,15H2,1-3H3,(H,27,34)(H,28,29)(H,30,33);1H,(H,2,3). The van der Waals surface area contributed by atoms with Crippen LogP contribution in [0.5, 0.6) is 11.5 Å². The van der Waals surface area contributed by atoms with Crippen LogP contribution < -0.4 is 20.1 Å². The number of ether oxygens (including phenoxy) is 2. The van der Waals surface area contributed by atoms with Crippen molar-refractivity contribution < 1.29 is 33.8 Å². The van der Waals surface area contributed by atoms with Crippen LogP contribution in [-0.4, -0.2) is 93.3 Å². The normalized spacial score (nSPS) is 16.3. The third kappa shape index (κ3) is 7.58. The predicted octanol–water partition coefficient (Wildman–Crippen LogP) is 0.774. The van der Waals surface area contributed by atoms with Gasteiger partial charge in [-0.05, 0) is 24.1 Å². The van der Waals surface area contributed by atoms with Gasteiger partial charge < -0.3 is 34.7 Å². The van der Waals surface area contributed by atoms with Gasteiger partial charge in [0.05, 0.1) is 32.0 Å². The fraction of sp³-hybridized carbons (Fsp3) is 0.385. The molecule has 2 aromatic heterocycles. The van der Waals surface area contributed by atoms with E-state index in [0.29, 0.717) is 36.0 Å². The zero-order valence-corrected chi connectivity index (χ0v) is 22.5. The molecule has 3 amide bonds. The highest BCUT2D eigenvalue weighted by molar-refractivity contribution is 5.96. The van der Waals surface area contributed by atoms with Gasteiger partial charge in [-0.3, -0.25) is 24.3 Å². The van der Waals surface area contributed by atoms with Crippen LogP contribution in [0.25, 0.3) is 11.4 Å². The van der Waals surface area contributed by atoms with E-state index in [-0.39, 0.29) is 38.0 Å². The van der Waals surface area contributed by atoms with Gasteiger partial charge in [-0.25, -0.2) is 4.98 Å². The van der Waals surface area contributed by atoms with Crippen molar-refractivity contribution in [1.82, 2.24) is 35.3 Å². The Labute approximate surface area is 230 Å². The maximum atomic E-state index is 13.1. The highest BCUT2D eigenvalue weighted by atomic mass is 16.5. The first-order valence-electron chi connectivity index (χ1n) is 12.5. The summed E-state index contributed by atoms with van der Waals surface area (Å²) in [6.45, 7) is 4.22. The van der Waals surface area contributed by atoms with E-state index in [1.165, 1.54) is 17.3 Å². The molecule has 3 aromatic rings. The summed E-state index contributed by atoms with van der Waals surface area (Å²) < 4.78 is 13.4. The average Bonchev–Trinajstić information content (AvgIpc) is 3.63. The SMILES string of the molecule is COc1ccc2cc1OCCN(C(=O)c1cn[nH]c1)CC(=O)NC(C(C)C)C(=O)NCCn1ccnc1-2.O=CO. The molecular formula is C26H33N7O7. The molecule has 14 heteroatoms. The largest absolute Gasteiger partial charge is 0.493 e. The molecule has 1 unspecified atom stereocenters. The number of rotatable bonds is 3. The summed E-state index contributed by atoms with van der Waals surface area (Å²) in [5.41, 5.74) is 1.11. The smallest absolute Gasteiger partial charge is 0.290 e. The van der Waals surface area contributed by atoms with Crippen LogP contribution in [0.2, 0.25) is 0 Å². The topological polar surface area (TPSA) is 181 Å². The molecule has 2 bridgehead atoms. The third-order valence-corrected chi connectivity index (χ3v) is 6.04. The second-order valence-corrected chi connectivity index (χ2v) is 9.06. The Balaban J connectivity index is 0.00000141. The van der Waals surface area contributed by atoms with Crippen LogP contribution >= 0.6 is 0 Å². The molecule has 0 saturated heterocycles. The summed E-state index contributed by atoms with van der Waals surface area (Å²) in [6, 6.07) is 4.72. The number of aromatic nitrogens is 4. The van der Waals surface area contributed by atoms with Crippen molar-refractivity contribution >= 4 is 24.2 Å². The van der Waals surface area contributed by atoms with Gasteiger partial charge in [-0.15, -0.1) is 0 Å². The number of fused-ring (bicyclic) bond motifs is 4. The maximum Gasteiger partial charge on any atom is 0.290 e. The number of carbonyl (C=O) groups is 4. The Morgan fingerprint density at radius 3 is 2.73 bits per heavy atom. The first-order valence-corrected chi connectivity index (χ1v) is 12.5. The Morgan fingerprint density at radius 2 is 2.05 bits per heavy atom. The second-order valence-electron chi connectivity index (χ2n) is 9.06. The van der Waals surface area contributed by atoms with Crippen molar-refractivity contribution in [3.63, 3.8) is 0 Å². The number of amides is 3. The first kappa shape index (κ1) is 29.7. The van der Waals surface area contributed by atoms with Gasteiger partial charge in [0.25, 0.3) is 12.4 Å². The number of carboxylic acid groups (broad SMARTS) is 1. The molecule has 4 N–H and O–H groups in total. The van der Waals surface area contributed by atoms with E-state index < -0.39 is 17.9 Å². The summed E-state index contributed by atoms with van der Waals surface area (Å²) >= 11 is 0. The Morgan fingerprint density at radius 1 is 1.27 bits per heavy atom. The number of methoxy groups -OCH3 is 1. The number of aromatic amines is 1. The lowest BCUT2D eigenvalue weighted by Crippen LogP contribution is -2.53. The highest BCUT2D eigenvalue weighted by Crippen LogP contribution is 2.32. The minimum atomic E-state index is -0.758. The van der Waals surface area contributed by atoms with Crippen LogP contribution in [0.1, 0.15) is 24.2 Å². The number of nitrogens with zero attached hydrogens (tertiary/aromatic N) is 4. The molecule has 1 aromatic carbocycles. The lowest BCUT2D eigenvalue weighted by atomic mass is 10.0. The summed E-state index contributed by atoms with van der Waals surface area (Å²) in [6.07, 6.45) is 6.38. The number of carbonyl (C=O) groups excluding carboxylic acids is 3. The van der Waals surface area contributed by atoms with Crippen LogP contribution in [0.15, 0.2) is 43.0 Å². The summed E-state index contributed by atoms with van der Waals surface area (Å²) in [4.78, 5) is 53.2. The van der Waals surface area contributed by atoms with Gasteiger partial charge in [0.2, 0.25) is 11.8 Å². The van der Waals surface area contributed by atoms with Crippen LogP contribution in [0.4, 0.5) is 0 Å². The van der Waals surface area contributed by atoms with Crippen LogP contribution in [0, 0.1) is 5.92 Å². The molecule has 0 aliphatic carbocycles. The third-order valence-electron chi connectivity index (χ3n) is 6.04. The molecule has 40 heavy (non-hydrogen) atoms. The van der Waals surface area contributed by atoms with E-state index in [9.17, 15) is 14.4 Å². The van der Waals surface area contributed by atoms with E-state index in [4.69, 9.17) is 19.4 Å². The van der Waals surface area contributed by atoms with Gasteiger partial charge >= 0.3 is 0 Å². The Bertz CT molecular complexity index is 1290. The Kier molecular flexibility index (Phi) is 10.6. The molecular weight excluding hydrogens is 522 g/mol. The minimum Gasteiger partial charge on any atom is -0.493 e. The monoisotopic (exact) mass is 555 g/mol. The molecule has 0 spiro atoms. The fourth-order valence-electron chi connectivity index (χ4n) is 4.08. The summed E-state index contributed by atoms with van der Waals surface area (Å²) in [7, 11) is 1.55. The lowest BCUT2D eigenvalue weighted by molar-refractivity contribution is -0.130. The molecule has 1 atom stereocenters. The van der Waals surface area contributed by atoms with Crippen molar-refractivity contribution in [2.75, 3.05) is 33.4 Å². The predicted molar refractivity (Wildman–Crippen MR) is 143 cm³/mol. The average molecular weight is 556 g/mol. The quantitative estimate of drug-likeness (QED) is 0.340. The zero-order valence-electron chi connectivity index (χ0n) is 22.5. The highest BCUT2D eigenvalue weighted by Gasteiger charge is 2.27. The zero-order chi connectivity index (χ0) is 29.1. The van der Waals surface area contributed by atoms with Crippen molar-refractivity contribution in [3.8, 4) is 22.9 Å². The molecule has 0 radical (unpaired) electrons. The first-order chi connectivity index (χ1) is 19.3. The number of H-pyrrole nitrogens is 1. The number of benzene rings is 1. The molecule has 14 nitrogen and oxygen atoms in total. The van der Waals surface area contributed by atoms with E-state index in [0.717, 1.165) is 5.56 Å². The molecule has 214 valence electrons. The molecule has 1 aliphatic heterocycles. The van der Waals surface area contributed by atoms with Crippen molar-refractivity contribution in [2.24, 2.45) is 5.92 Å². The van der Waals surface area contributed by atoms with Gasteiger partial charge in [0.15, 0.2) is 11.5 Å². The number of hydrogen-bond donors (Lipinski definition) is 4. The van der Waals surface area contributed by atoms with Crippen molar-refractivity contribution in [2.45, 2.75) is 26.4 Å². The van der Waals surface area contributed by atoms with Crippen LogP contribution in [-0.2, 0) is 20.9 Å². The van der Waals surface area contributed by atoms with Gasteiger partial charge in [-0.2, -0.15) is 5.10 Å². The van der Waals surface area contributed by atoms with E-state index >= 15 is 0 Å². The number of nitrogens with one attached hydrogen (secondary N) is 3. The number of hydrogen-bond acceptors (Lipinski definition) is 8. The van der Waals surface area contributed by atoms with Crippen molar-refractivity contribution in [1.29, 1.82) is 0 Å². The number of imidazole rings is 1. The molecule has 0 fully saturated rings. The van der Waals surface area contributed by atoms with Gasteiger partial charge in [-0.1, -0.05) is 13.8 Å². The minimum absolute atomic E-state index is 0.0964. The lowest BCUT2D eigenvalue weighted by Gasteiger charge is -2.25.